The Morgan fingerprint density at radius 1 is 1.10 bits per heavy atom. The molecule has 1 atom stereocenters. The number of carbonyl (C=O) groups excluding carboxylic acids is 1. The molecular weight excluding hydrogens is 541 g/mol. The number of carboxylic acids is 1. The lowest BCUT2D eigenvalue weighted by Gasteiger charge is -2.20. The molecule has 2 aromatic carbocycles. The molecule has 214 valence electrons. The molecule has 0 aliphatic heterocycles. The normalized spacial score (nSPS) is 12.4. The van der Waals surface area contributed by atoms with Crippen LogP contribution in [0.1, 0.15) is 86.9 Å². The number of ether oxygens (including phenoxy) is 1. The van der Waals surface area contributed by atoms with Crippen LogP contribution in [-0.4, -0.2) is 28.6 Å². The molecule has 0 spiro atoms. The van der Waals surface area contributed by atoms with Crippen molar-refractivity contribution in [3.63, 3.8) is 0 Å². The molecule has 1 unspecified atom stereocenters. The molecule has 2 N–H and O–H groups in total. The van der Waals surface area contributed by atoms with Gasteiger partial charge in [0.15, 0.2) is 5.13 Å². The van der Waals surface area contributed by atoms with Gasteiger partial charge >= 0.3 is 5.97 Å². The Kier molecular flexibility index (Phi) is 11.5. The van der Waals surface area contributed by atoms with Crippen molar-refractivity contribution in [3.05, 3.63) is 75.4 Å². The van der Waals surface area contributed by atoms with E-state index in [1.807, 2.05) is 0 Å². The number of rotatable bonds is 14. The zero-order valence-electron chi connectivity index (χ0n) is 22.7. The fraction of sp³-hybridized carbons (Fsp3) is 0.367. The maximum Gasteiger partial charge on any atom is 0.331 e. The predicted octanol–water partition coefficient (Wildman–Crippen LogP) is 8.41. The number of carbonyl (C=O) groups is 2. The Bertz CT molecular complexity index is 1350. The molecule has 10 heteroatoms. The van der Waals surface area contributed by atoms with E-state index in [0.717, 1.165) is 61.6 Å². The largest absolute Gasteiger partial charge is 0.478 e. The van der Waals surface area contributed by atoms with Gasteiger partial charge in [0.1, 0.15) is 17.5 Å². The van der Waals surface area contributed by atoms with Crippen molar-refractivity contribution in [2.45, 2.75) is 65.4 Å². The van der Waals surface area contributed by atoms with Gasteiger partial charge in [-0.3, -0.25) is 10.1 Å². The summed E-state index contributed by atoms with van der Waals surface area (Å²) in [5.41, 5.74) is -0.114. The number of aromatic nitrogens is 1. The number of anilines is 1. The van der Waals surface area contributed by atoms with Gasteiger partial charge in [-0.25, -0.2) is 22.9 Å². The number of amides is 1. The highest BCUT2D eigenvalue weighted by atomic mass is 32.1. The molecule has 0 saturated carbocycles. The lowest BCUT2D eigenvalue weighted by Crippen LogP contribution is -2.13. The highest BCUT2D eigenvalue weighted by Gasteiger charge is 2.21. The molecule has 40 heavy (non-hydrogen) atoms. The Labute approximate surface area is 235 Å². The first-order chi connectivity index (χ1) is 19.2. The maximum absolute atomic E-state index is 15.7. The van der Waals surface area contributed by atoms with Crippen molar-refractivity contribution in [1.29, 1.82) is 0 Å². The van der Waals surface area contributed by atoms with E-state index in [2.05, 4.69) is 24.1 Å². The van der Waals surface area contributed by atoms with Crippen LogP contribution in [0.15, 0.2) is 41.3 Å². The van der Waals surface area contributed by atoms with Gasteiger partial charge in [0, 0.05) is 39.8 Å². The molecule has 0 aliphatic carbocycles. The molecular formula is C30H33F3N2O4S. The smallest absolute Gasteiger partial charge is 0.331 e. The molecule has 1 amide bonds. The minimum Gasteiger partial charge on any atom is -0.478 e. The van der Waals surface area contributed by atoms with Crippen molar-refractivity contribution >= 4 is 34.4 Å². The van der Waals surface area contributed by atoms with Gasteiger partial charge in [-0.05, 0) is 44.0 Å². The quantitative estimate of drug-likeness (QED) is 0.149. The van der Waals surface area contributed by atoms with Crippen molar-refractivity contribution < 1.29 is 32.6 Å². The number of hydrogen-bond donors (Lipinski definition) is 2. The van der Waals surface area contributed by atoms with Crippen LogP contribution in [0.3, 0.4) is 0 Å². The summed E-state index contributed by atoms with van der Waals surface area (Å²) in [4.78, 5) is 28.0. The molecule has 3 rings (SSSR count). The molecule has 3 aromatic rings. The van der Waals surface area contributed by atoms with Crippen molar-refractivity contribution in [3.8, 4) is 11.3 Å². The second-order valence-corrected chi connectivity index (χ2v) is 10.3. The number of aliphatic carboxylic acids is 1. The van der Waals surface area contributed by atoms with Crippen LogP contribution in [0.25, 0.3) is 17.3 Å². The first-order valence-electron chi connectivity index (χ1n) is 13.2. The zero-order chi connectivity index (χ0) is 29.2. The highest BCUT2D eigenvalue weighted by molar-refractivity contribution is 7.14. The number of hydrogen-bond acceptors (Lipinski definition) is 5. The summed E-state index contributed by atoms with van der Waals surface area (Å²) in [6.07, 6.45) is 6.04. The molecule has 0 radical (unpaired) electrons. The van der Waals surface area contributed by atoms with Crippen molar-refractivity contribution in [2.24, 2.45) is 0 Å². The maximum atomic E-state index is 15.7. The number of nitrogens with one attached hydrogen (secondary N) is 1. The van der Waals surface area contributed by atoms with Gasteiger partial charge in [-0.1, -0.05) is 51.7 Å². The minimum absolute atomic E-state index is 0.120. The van der Waals surface area contributed by atoms with E-state index in [1.165, 1.54) is 6.92 Å². The van der Waals surface area contributed by atoms with Gasteiger partial charge < -0.3 is 9.84 Å². The fourth-order valence-corrected chi connectivity index (χ4v) is 4.75. The summed E-state index contributed by atoms with van der Waals surface area (Å²) in [7, 11) is 0. The summed E-state index contributed by atoms with van der Waals surface area (Å²) >= 11 is 1.04. The van der Waals surface area contributed by atoms with Gasteiger partial charge in [-0.15, -0.1) is 11.3 Å². The summed E-state index contributed by atoms with van der Waals surface area (Å²) in [6.45, 7) is 5.93. The number of halogens is 3. The molecule has 1 heterocycles. The Morgan fingerprint density at radius 2 is 1.80 bits per heavy atom. The van der Waals surface area contributed by atoms with Crippen molar-refractivity contribution in [2.75, 3.05) is 11.9 Å². The third-order valence-corrected chi connectivity index (χ3v) is 7.06. The Balaban J connectivity index is 1.80. The zero-order valence-corrected chi connectivity index (χ0v) is 23.5. The number of nitrogens with zero attached hydrogens (tertiary/aromatic N) is 1. The SMILES string of the molecule is CCCCCOC(CCCC)c1cccc(-c2csc(NC(=O)c3cc(F)c(C=C(C)C(=O)O)c(F)c3)n2)c1F. The van der Waals surface area contributed by atoms with E-state index in [-0.39, 0.29) is 27.9 Å². The van der Waals surface area contributed by atoms with Gasteiger partial charge in [0.05, 0.1) is 11.8 Å². The Hall–Kier alpha value is -3.50. The standard InChI is InChI=1S/C30H33F3N2O4S/c1-4-6-8-13-39-26(12-7-5-2)21-11-9-10-20(27(21)33)25-17-40-30(34-25)35-28(36)19-15-23(31)22(24(32)16-19)14-18(3)29(37)38/h9-11,14-17,26H,4-8,12-13H2,1-3H3,(H,37,38)(H,34,35,36). The number of carboxylic acid groups (broad SMARTS) is 1. The van der Waals surface area contributed by atoms with Crippen LogP contribution in [0.4, 0.5) is 18.3 Å². The lowest BCUT2D eigenvalue weighted by molar-refractivity contribution is -0.132. The highest BCUT2D eigenvalue weighted by Crippen LogP contribution is 2.34. The van der Waals surface area contributed by atoms with Gasteiger partial charge in [-0.2, -0.15) is 0 Å². The van der Waals surface area contributed by atoms with Crippen LogP contribution >= 0.6 is 11.3 Å². The monoisotopic (exact) mass is 574 g/mol. The second-order valence-electron chi connectivity index (χ2n) is 9.40. The van der Waals surface area contributed by atoms with E-state index >= 15 is 4.39 Å². The average molecular weight is 575 g/mol. The molecule has 0 saturated heterocycles. The van der Waals surface area contributed by atoms with Crippen LogP contribution in [0.2, 0.25) is 0 Å². The Morgan fingerprint density at radius 3 is 2.45 bits per heavy atom. The summed E-state index contributed by atoms with van der Waals surface area (Å²) in [5, 5.41) is 13.1. The second kappa shape index (κ2) is 14.8. The van der Waals surface area contributed by atoms with Crippen LogP contribution in [-0.2, 0) is 9.53 Å². The molecule has 0 fully saturated rings. The summed E-state index contributed by atoms with van der Waals surface area (Å²) < 4.78 is 50.7. The van der Waals surface area contributed by atoms with E-state index in [4.69, 9.17) is 9.84 Å². The third kappa shape index (κ3) is 8.02. The van der Waals surface area contributed by atoms with E-state index < -0.39 is 34.9 Å². The number of benzene rings is 2. The first-order valence-corrected chi connectivity index (χ1v) is 14.1. The number of unbranched alkanes of at least 4 members (excludes halogenated alkanes) is 3. The van der Waals surface area contributed by atoms with Crippen molar-refractivity contribution in [1.82, 2.24) is 4.98 Å². The predicted molar refractivity (Wildman–Crippen MR) is 151 cm³/mol. The van der Waals surface area contributed by atoms with Crippen LogP contribution in [0.5, 0.6) is 0 Å². The first kappa shape index (κ1) is 31.0. The summed E-state index contributed by atoms with van der Waals surface area (Å²) in [6, 6.07) is 6.69. The van der Waals surface area contributed by atoms with E-state index in [1.54, 1.807) is 23.6 Å². The van der Waals surface area contributed by atoms with E-state index in [0.29, 0.717) is 24.3 Å². The topological polar surface area (TPSA) is 88.5 Å². The van der Waals surface area contributed by atoms with Crippen LogP contribution in [0, 0.1) is 17.5 Å². The van der Waals surface area contributed by atoms with Crippen LogP contribution < -0.4 is 5.32 Å². The lowest BCUT2D eigenvalue weighted by atomic mass is 9.99. The molecule has 1 aromatic heterocycles. The number of thiazole rings is 1. The molecule has 6 nitrogen and oxygen atoms in total. The minimum atomic E-state index is -1.32. The molecule has 0 aliphatic rings. The average Bonchev–Trinajstić information content (AvgIpc) is 3.38. The van der Waals surface area contributed by atoms with E-state index in [9.17, 15) is 18.4 Å². The third-order valence-electron chi connectivity index (χ3n) is 6.30. The fourth-order valence-electron chi connectivity index (χ4n) is 4.05. The molecule has 0 bridgehead atoms. The van der Waals surface area contributed by atoms with Gasteiger partial charge in [0.25, 0.3) is 5.91 Å². The summed E-state index contributed by atoms with van der Waals surface area (Å²) in [5.74, 6) is -4.75. The van der Waals surface area contributed by atoms with Gasteiger partial charge in [0.2, 0.25) is 0 Å².